The number of carbonyl (C=O) groups is 1. The normalized spacial score (nSPS) is 16.8. The summed E-state index contributed by atoms with van der Waals surface area (Å²) in [5.41, 5.74) is 0.791. The summed E-state index contributed by atoms with van der Waals surface area (Å²) in [4.78, 5) is 11.9. The van der Waals surface area contributed by atoms with Crippen LogP contribution in [0.25, 0.3) is 11.4 Å². The predicted molar refractivity (Wildman–Crippen MR) is 98.4 cm³/mol. The molecule has 1 saturated heterocycles. The van der Waals surface area contributed by atoms with Gasteiger partial charge in [0, 0.05) is 18.7 Å². The Labute approximate surface area is 156 Å². The van der Waals surface area contributed by atoms with Crippen LogP contribution in [0.15, 0.2) is 29.4 Å². The van der Waals surface area contributed by atoms with Crippen molar-refractivity contribution in [2.75, 3.05) is 18.9 Å². The summed E-state index contributed by atoms with van der Waals surface area (Å²) < 4.78 is 21.0. The summed E-state index contributed by atoms with van der Waals surface area (Å²) in [6.45, 7) is 4.07. The second kappa shape index (κ2) is 9.14. The van der Waals surface area contributed by atoms with E-state index < -0.39 is 0 Å². The topological polar surface area (TPSA) is 69.0 Å². The molecule has 1 aliphatic rings. The number of ether oxygens (including phenoxy) is 1. The Bertz CT molecular complexity index is 729. The number of aromatic nitrogens is 3. The Kier molecular flexibility index (Phi) is 6.62. The lowest BCUT2D eigenvalue weighted by molar-refractivity contribution is -0.118. The lowest BCUT2D eigenvalue weighted by atomic mass is 10.2. The summed E-state index contributed by atoms with van der Waals surface area (Å²) in [5.74, 6) is 0.637. The number of rotatable bonds is 8. The largest absolute Gasteiger partial charge is 0.376 e. The van der Waals surface area contributed by atoms with Gasteiger partial charge in [-0.2, -0.15) is 0 Å². The first-order valence-corrected chi connectivity index (χ1v) is 9.86. The smallest absolute Gasteiger partial charge is 0.230 e. The van der Waals surface area contributed by atoms with E-state index in [2.05, 4.69) is 15.5 Å². The van der Waals surface area contributed by atoms with Crippen molar-refractivity contribution < 1.29 is 13.9 Å². The van der Waals surface area contributed by atoms with Gasteiger partial charge in [0.1, 0.15) is 5.82 Å². The molecule has 0 bridgehead atoms. The van der Waals surface area contributed by atoms with Crippen LogP contribution in [0, 0.1) is 5.82 Å². The van der Waals surface area contributed by atoms with Crippen molar-refractivity contribution >= 4 is 17.7 Å². The number of benzene rings is 1. The maximum atomic E-state index is 13.2. The van der Waals surface area contributed by atoms with Crippen LogP contribution in [0.5, 0.6) is 0 Å². The van der Waals surface area contributed by atoms with Gasteiger partial charge in [0.25, 0.3) is 0 Å². The van der Waals surface area contributed by atoms with Crippen LogP contribution >= 0.6 is 11.8 Å². The molecule has 1 atom stereocenters. The van der Waals surface area contributed by atoms with Crippen molar-refractivity contribution in [3.63, 3.8) is 0 Å². The average molecular weight is 378 g/mol. The third-order valence-corrected chi connectivity index (χ3v) is 5.10. The molecular formula is C18H23FN4O2S. The molecule has 1 aromatic carbocycles. The fraction of sp³-hybridized carbons (Fsp3) is 0.500. The number of hydrogen-bond donors (Lipinski definition) is 1. The van der Waals surface area contributed by atoms with Gasteiger partial charge in [-0.25, -0.2) is 4.39 Å². The van der Waals surface area contributed by atoms with E-state index in [-0.39, 0.29) is 23.6 Å². The maximum absolute atomic E-state index is 13.2. The van der Waals surface area contributed by atoms with Crippen molar-refractivity contribution in [2.45, 2.75) is 44.0 Å². The Morgan fingerprint density at radius 1 is 1.38 bits per heavy atom. The molecule has 140 valence electrons. The number of carbonyl (C=O) groups excluding carboxylic acids is 1. The van der Waals surface area contributed by atoms with Crippen LogP contribution < -0.4 is 5.32 Å². The fourth-order valence-electron chi connectivity index (χ4n) is 2.81. The van der Waals surface area contributed by atoms with Crippen molar-refractivity contribution in [3.8, 4) is 11.4 Å². The zero-order chi connectivity index (χ0) is 18.4. The van der Waals surface area contributed by atoms with Crippen LogP contribution in [-0.4, -0.2) is 45.7 Å². The highest BCUT2D eigenvalue weighted by molar-refractivity contribution is 7.99. The van der Waals surface area contributed by atoms with Gasteiger partial charge in [0.2, 0.25) is 5.91 Å². The van der Waals surface area contributed by atoms with E-state index in [1.807, 2.05) is 11.5 Å². The van der Waals surface area contributed by atoms with E-state index in [1.54, 1.807) is 12.1 Å². The van der Waals surface area contributed by atoms with Crippen molar-refractivity contribution in [1.29, 1.82) is 0 Å². The van der Waals surface area contributed by atoms with E-state index in [0.717, 1.165) is 31.4 Å². The Balaban J connectivity index is 1.79. The van der Waals surface area contributed by atoms with Gasteiger partial charge in [0.15, 0.2) is 11.0 Å². The predicted octanol–water partition coefficient (Wildman–Crippen LogP) is 2.88. The molecule has 0 saturated carbocycles. The second-order valence-corrected chi connectivity index (χ2v) is 7.14. The second-order valence-electron chi connectivity index (χ2n) is 6.20. The number of nitrogens with one attached hydrogen (secondary N) is 1. The van der Waals surface area contributed by atoms with Gasteiger partial charge in [-0.05, 0) is 43.5 Å². The highest BCUT2D eigenvalue weighted by Crippen LogP contribution is 2.26. The van der Waals surface area contributed by atoms with E-state index in [9.17, 15) is 9.18 Å². The first kappa shape index (κ1) is 18.8. The minimum Gasteiger partial charge on any atom is -0.376 e. The minimum atomic E-state index is -0.291. The molecule has 26 heavy (non-hydrogen) atoms. The van der Waals surface area contributed by atoms with Gasteiger partial charge in [-0.15, -0.1) is 10.2 Å². The first-order chi connectivity index (χ1) is 12.7. The fourth-order valence-corrected chi connectivity index (χ4v) is 3.59. The Morgan fingerprint density at radius 2 is 2.19 bits per heavy atom. The molecular weight excluding hydrogens is 355 g/mol. The molecule has 0 spiro atoms. The highest BCUT2D eigenvalue weighted by Gasteiger charge is 2.22. The third-order valence-electron chi connectivity index (χ3n) is 4.13. The van der Waals surface area contributed by atoms with Crippen LogP contribution in [-0.2, 0) is 16.1 Å². The number of nitrogens with zero attached hydrogens (tertiary/aromatic N) is 3. The van der Waals surface area contributed by atoms with E-state index in [0.29, 0.717) is 24.1 Å². The summed E-state index contributed by atoms with van der Waals surface area (Å²) in [6, 6.07) is 6.19. The van der Waals surface area contributed by atoms with Crippen molar-refractivity contribution in [1.82, 2.24) is 20.1 Å². The summed E-state index contributed by atoms with van der Waals surface area (Å²) in [5, 5.41) is 12.1. The van der Waals surface area contributed by atoms with E-state index in [4.69, 9.17) is 4.74 Å². The van der Waals surface area contributed by atoms with Crippen LogP contribution in [0.1, 0.15) is 26.2 Å². The number of halogens is 1. The lowest BCUT2D eigenvalue weighted by Gasteiger charge is -2.14. The van der Waals surface area contributed by atoms with E-state index in [1.165, 1.54) is 23.9 Å². The molecule has 2 heterocycles. The first-order valence-electron chi connectivity index (χ1n) is 8.87. The Morgan fingerprint density at radius 3 is 2.88 bits per heavy atom. The van der Waals surface area contributed by atoms with E-state index >= 15 is 0 Å². The van der Waals surface area contributed by atoms with Crippen LogP contribution in [0.2, 0.25) is 0 Å². The van der Waals surface area contributed by atoms with Crippen LogP contribution in [0.3, 0.4) is 0 Å². The van der Waals surface area contributed by atoms with Gasteiger partial charge in [0.05, 0.1) is 18.4 Å². The lowest BCUT2D eigenvalue weighted by Crippen LogP contribution is -2.26. The SMILES string of the molecule is CCCNC(=O)CSc1nnc(-c2ccc(F)cc2)n1CC1CCCO1. The quantitative estimate of drug-likeness (QED) is 0.716. The summed E-state index contributed by atoms with van der Waals surface area (Å²) >= 11 is 1.36. The molecule has 1 fully saturated rings. The standard InChI is InChI=1S/C18H23FN4O2S/c1-2-9-20-16(24)12-26-18-22-21-17(13-5-7-14(19)8-6-13)23(18)11-15-4-3-10-25-15/h5-8,15H,2-4,9-12H2,1H3,(H,20,24). The molecule has 1 unspecified atom stereocenters. The molecule has 1 aliphatic heterocycles. The maximum Gasteiger partial charge on any atom is 0.230 e. The zero-order valence-electron chi connectivity index (χ0n) is 14.8. The number of thioether (sulfide) groups is 1. The Hall–Kier alpha value is -1.93. The molecule has 8 heteroatoms. The molecule has 1 aromatic heterocycles. The molecule has 1 amide bonds. The van der Waals surface area contributed by atoms with Gasteiger partial charge in [-0.1, -0.05) is 18.7 Å². The van der Waals surface area contributed by atoms with Gasteiger partial charge < -0.3 is 10.1 Å². The number of hydrogen-bond acceptors (Lipinski definition) is 5. The zero-order valence-corrected chi connectivity index (χ0v) is 15.6. The monoisotopic (exact) mass is 378 g/mol. The third kappa shape index (κ3) is 4.82. The molecule has 2 aromatic rings. The summed E-state index contributed by atoms with van der Waals surface area (Å²) in [7, 11) is 0. The molecule has 0 aliphatic carbocycles. The molecule has 3 rings (SSSR count). The van der Waals surface area contributed by atoms with Crippen LogP contribution in [0.4, 0.5) is 4.39 Å². The molecule has 0 radical (unpaired) electrons. The number of amides is 1. The summed E-state index contributed by atoms with van der Waals surface area (Å²) in [6.07, 6.45) is 3.04. The average Bonchev–Trinajstić information content (AvgIpc) is 3.29. The van der Waals surface area contributed by atoms with Gasteiger partial charge >= 0.3 is 0 Å². The van der Waals surface area contributed by atoms with Crippen molar-refractivity contribution in [3.05, 3.63) is 30.1 Å². The minimum absolute atomic E-state index is 0.0214. The molecule has 6 nitrogen and oxygen atoms in total. The van der Waals surface area contributed by atoms with Gasteiger partial charge in [-0.3, -0.25) is 9.36 Å². The van der Waals surface area contributed by atoms with Crippen molar-refractivity contribution in [2.24, 2.45) is 0 Å². The molecule has 1 N–H and O–H groups in total. The highest BCUT2D eigenvalue weighted by atomic mass is 32.2.